The van der Waals surface area contributed by atoms with Crippen molar-refractivity contribution in [3.05, 3.63) is 34.1 Å². The zero-order valence-corrected chi connectivity index (χ0v) is 15.0. The number of nitrogens with one attached hydrogen (secondary N) is 2. The zero-order chi connectivity index (χ0) is 15.2. The van der Waals surface area contributed by atoms with Crippen LogP contribution in [-0.4, -0.2) is 25.7 Å². The van der Waals surface area contributed by atoms with Crippen molar-refractivity contribution < 1.29 is 17.6 Å². The van der Waals surface area contributed by atoms with Gasteiger partial charge in [0.05, 0.1) is 6.42 Å². The fraction of sp³-hybridized carbons (Fsp3) is 0.417. The van der Waals surface area contributed by atoms with Gasteiger partial charge in [-0.25, -0.2) is 4.39 Å². The maximum absolute atomic E-state index is 13.1. The molecular formula is C12H15BrF4IN3. The second kappa shape index (κ2) is 9.44. The molecule has 21 heavy (non-hydrogen) atoms. The minimum absolute atomic E-state index is 0. The summed E-state index contributed by atoms with van der Waals surface area (Å²) in [6.07, 6.45) is -5.16. The molecule has 0 aliphatic heterocycles. The summed E-state index contributed by atoms with van der Waals surface area (Å²) >= 11 is 3.27. The van der Waals surface area contributed by atoms with Crippen LogP contribution in [0, 0.1) is 5.82 Å². The predicted octanol–water partition coefficient (Wildman–Crippen LogP) is 3.82. The van der Waals surface area contributed by atoms with Crippen molar-refractivity contribution in [1.82, 2.24) is 10.6 Å². The molecule has 1 rings (SSSR count). The summed E-state index contributed by atoms with van der Waals surface area (Å²) in [4.78, 5) is 3.79. The van der Waals surface area contributed by atoms with Gasteiger partial charge in [-0.2, -0.15) is 13.2 Å². The third kappa shape index (κ3) is 8.44. The molecule has 2 N–H and O–H groups in total. The van der Waals surface area contributed by atoms with Crippen molar-refractivity contribution in [3.8, 4) is 0 Å². The third-order valence-corrected chi connectivity index (χ3v) is 3.15. The first-order chi connectivity index (χ1) is 9.31. The average molecular weight is 484 g/mol. The van der Waals surface area contributed by atoms with Gasteiger partial charge in [0.1, 0.15) is 5.82 Å². The molecule has 1 aromatic carbocycles. The molecule has 0 saturated carbocycles. The van der Waals surface area contributed by atoms with Crippen LogP contribution in [0.2, 0.25) is 0 Å². The van der Waals surface area contributed by atoms with E-state index in [0.29, 0.717) is 10.0 Å². The second-order valence-corrected chi connectivity index (χ2v) is 4.81. The summed E-state index contributed by atoms with van der Waals surface area (Å²) in [5.41, 5.74) is 0.642. The Morgan fingerprint density at radius 1 is 1.29 bits per heavy atom. The molecule has 3 nitrogen and oxygen atoms in total. The minimum Gasteiger partial charge on any atom is -0.356 e. The number of hydrogen-bond donors (Lipinski definition) is 2. The van der Waals surface area contributed by atoms with E-state index in [4.69, 9.17) is 0 Å². The molecule has 0 aliphatic carbocycles. The highest BCUT2D eigenvalue weighted by atomic mass is 127. The standard InChI is InChI=1S/C12H14BrF4N3.HI/c1-18-11(19-5-4-12(15,16)17)20-7-8-6-9(14)2-3-10(8)13;/h2-3,6H,4-5,7H2,1H3,(H2,18,19,20);1H. The van der Waals surface area contributed by atoms with Crippen molar-refractivity contribution in [1.29, 1.82) is 0 Å². The number of hydrogen-bond acceptors (Lipinski definition) is 1. The van der Waals surface area contributed by atoms with Gasteiger partial charge in [-0.05, 0) is 23.8 Å². The van der Waals surface area contributed by atoms with Crippen LogP contribution in [-0.2, 0) is 6.54 Å². The highest BCUT2D eigenvalue weighted by Gasteiger charge is 2.26. The lowest BCUT2D eigenvalue weighted by molar-refractivity contribution is -0.132. The Kier molecular flexibility index (Phi) is 9.18. The van der Waals surface area contributed by atoms with Gasteiger partial charge in [-0.1, -0.05) is 15.9 Å². The Balaban J connectivity index is 0.00000400. The Labute approximate surface area is 145 Å². The molecule has 0 fully saturated rings. The van der Waals surface area contributed by atoms with Crippen molar-refractivity contribution in [2.24, 2.45) is 4.99 Å². The Hall–Kier alpha value is -0.580. The predicted molar refractivity (Wildman–Crippen MR) is 88.4 cm³/mol. The summed E-state index contributed by atoms with van der Waals surface area (Å²) < 4.78 is 49.8. The molecule has 0 atom stereocenters. The van der Waals surface area contributed by atoms with Crippen LogP contribution < -0.4 is 10.6 Å². The summed E-state index contributed by atoms with van der Waals surface area (Å²) in [6, 6.07) is 4.20. The molecule has 0 amide bonds. The molecule has 1 aromatic rings. The molecule has 120 valence electrons. The van der Waals surface area contributed by atoms with Crippen LogP contribution >= 0.6 is 39.9 Å². The summed E-state index contributed by atoms with van der Waals surface area (Å²) in [5, 5.41) is 5.36. The molecule has 0 saturated heterocycles. The third-order valence-electron chi connectivity index (χ3n) is 2.38. The zero-order valence-electron chi connectivity index (χ0n) is 11.1. The van der Waals surface area contributed by atoms with E-state index >= 15 is 0 Å². The Morgan fingerprint density at radius 2 is 1.95 bits per heavy atom. The maximum Gasteiger partial charge on any atom is 0.390 e. The first-order valence-electron chi connectivity index (χ1n) is 5.77. The van der Waals surface area contributed by atoms with Crippen molar-refractivity contribution in [2.45, 2.75) is 19.1 Å². The van der Waals surface area contributed by atoms with E-state index in [1.807, 2.05) is 0 Å². The summed E-state index contributed by atoms with van der Waals surface area (Å²) in [7, 11) is 1.45. The topological polar surface area (TPSA) is 36.4 Å². The van der Waals surface area contributed by atoms with Gasteiger partial charge < -0.3 is 10.6 Å². The van der Waals surface area contributed by atoms with Crippen molar-refractivity contribution >= 4 is 45.9 Å². The number of guanidine groups is 1. The molecule has 0 bridgehead atoms. The van der Waals surface area contributed by atoms with Gasteiger partial charge in [0.15, 0.2) is 5.96 Å². The molecule has 0 aromatic heterocycles. The molecule has 9 heteroatoms. The Bertz CT molecular complexity index is 480. The molecular weight excluding hydrogens is 469 g/mol. The first kappa shape index (κ1) is 20.4. The van der Waals surface area contributed by atoms with E-state index in [1.165, 1.54) is 19.2 Å². The number of halogens is 6. The maximum atomic E-state index is 13.1. The fourth-order valence-electron chi connectivity index (χ4n) is 1.40. The second-order valence-electron chi connectivity index (χ2n) is 3.95. The molecule has 0 aliphatic rings. The number of rotatable bonds is 4. The lowest BCUT2D eigenvalue weighted by Gasteiger charge is -2.13. The monoisotopic (exact) mass is 483 g/mol. The van der Waals surface area contributed by atoms with Gasteiger partial charge in [-0.3, -0.25) is 4.99 Å². The highest BCUT2D eigenvalue weighted by molar-refractivity contribution is 14.0. The lowest BCUT2D eigenvalue weighted by atomic mass is 10.2. The fourth-order valence-corrected chi connectivity index (χ4v) is 1.79. The normalized spacial score (nSPS) is 11.8. The molecule has 0 heterocycles. The minimum atomic E-state index is -4.21. The summed E-state index contributed by atoms with van der Waals surface area (Å²) in [5.74, 6) is -0.157. The van der Waals surface area contributed by atoms with E-state index in [0.717, 1.165) is 0 Å². The molecule has 0 spiro atoms. The largest absolute Gasteiger partial charge is 0.390 e. The average Bonchev–Trinajstić information content (AvgIpc) is 2.36. The van der Waals surface area contributed by atoms with Crippen LogP contribution in [0.4, 0.5) is 17.6 Å². The molecule has 0 unspecified atom stereocenters. The number of alkyl halides is 3. The van der Waals surface area contributed by atoms with Gasteiger partial charge >= 0.3 is 6.18 Å². The van der Waals surface area contributed by atoms with Crippen LogP contribution in [0.15, 0.2) is 27.7 Å². The van der Waals surface area contributed by atoms with E-state index in [9.17, 15) is 17.6 Å². The number of benzene rings is 1. The van der Waals surface area contributed by atoms with E-state index in [-0.39, 0.29) is 48.8 Å². The van der Waals surface area contributed by atoms with Gasteiger partial charge in [0.2, 0.25) is 0 Å². The SMILES string of the molecule is CN=C(NCCC(F)(F)F)NCc1cc(F)ccc1Br.I. The van der Waals surface area contributed by atoms with Crippen molar-refractivity contribution in [3.63, 3.8) is 0 Å². The van der Waals surface area contributed by atoms with Crippen LogP contribution in [0.3, 0.4) is 0 Å². The van der Waals surface area contributed by atoms with E-state index in [2.05, 4.69) is 31.6 Å². The van der Waals surface area contributed by atoms with Gasteiger partial charge in [0, 0.05) is 24.6 Å². The Morgan fingerprint density at radius 3 is 2.52 bits per heavy atom. The van der Waals surface area contributed by atoms with E-state index in [1.54, 1.807) is 6.07 Å². The van der Waals surface area contributed by atoms with Crippen molar-refractivity contribution in [2.75, 3.05) is 13.6 Å². The van der Waals surface area contributed by atoms with Gasteiger partial charge in [-0.15, -0.1) is 24.0 Å². The lowest BCUT2D eigenvalue weighted by Crippen LogP contribution is -2.38. The number of aliphatic imine (C=N–C) groups is 1. The van der Waals surface area contributed by atoms with Crippen LogP contribution in [0.25, 0.3) is 0 Å². The van der Waals surface area contributed by atoms with Crippen LogP contribution in [0.5, 0.6) is 0 Å². The van der Waals surface area contributed by atoms with Gasteiger partial charge in [0.25, 0.3) is 0 Å². The quantitative estimate of drug-likeness (QED) is 0.295. The summed E-state index contributed by atoms with van der Waals surface area (Å²) in [6.45, 7) is -0.0302. The highest BCUT2D eigenvalue weighted by Crippen LogP contribution is 2.18. The number of nitrogens with zero attached hydrogens (tertiary/aromatic N) is 1. The van der Waals surface area contributed by atoms with Crippen LogP contribution in [0.1, 0.15) is 12.0 Å². The first-order valence-corrected chi connectivity index (χ1v) is 6.56. The smallest absolute Gasteiger partial charge is 0.356 e. The molecule has 0 radical (unpaired) electrons. The van der Waals surface area contributed by atoms with E-state index < -0.39 is 12.6 Å².